The summed E-state index contributed by atoms with van der Waals surface area (Å²) in [6.07, 6.45) is 0. The van der Waals surface area contributed by atoms with E-state index in [0.29, 0.717) is 43.2 Å². The number of benzene rings is 2. The molecule has 7 heteroatoms. The van der Waals surface area contributed by atoms with Gasteiger partial charge in [-0.05, 0) is 30.3 Å². The molecule has 3 rings (SSSR count). The third kappa shape index (κ3) is 3.86. The number of rotatable bonds is 4. The Morgan fingerprint density at radius 1 is 0.815 bits per heavy atom. The molecule has 1 fully saturated rings. The molecule has 2 aromatic rings. The molecule has 27 heavy (non-hydrogen) atoms. The molecule has 1 saturated heterocycles. The summed E-state index contributed by atoms with van der Waals surface area (Å²) < 4.78 is 24.0. The van der Waals surface area contributed by atoms with Crippen LogP contribution in [0, 0.1) is 5.82 Å². The highest BCUT2D eigenvalue weighted by molar-refractivity contribution is 5.98. The van der Waals surface area contributed by atoms with Gasteiger partial charge in [0.1, 0.15) is 17.3 Å². The lowest BCUT2D eigenvalue weighted by Gasteiger charge is -2.35. The van der Waals surface area contributed by atoms with E-state index in [1.807, 2.05) is 0 Å². The Kier molecular flexibility index (Phi) is 5.59. The summed E-state index contributed by atoms with van der Waals surface area (Å²) in [5.41, 5.74) is 0.675. The van der Waals surface area contributed by atoms with Crippen LogP contribution in [0.5, 0.6) is 11.5 Å². The fourth-order valence-electron chi connectivity index (χ4n) is 3.12. The molecule has 0 aromatic heterocycles. The van der Waals surface area contributed by atoms with Crippen molar-refractivity contribution in [2.45, 2.75) is 0 Å². The molecule has 1 heterocycles. The zero-order valence-corrected chi connectivity index (χ0v) is 15.3. The van der Waals surface area contributed by atoms with Gasteiger partial charge in [0.05, 0.1) is 25.3 Å². The highest BCUT2D eigenvalue weighted by atomic mass is 19.1. The summed E-state index contributed by atoms with van der Waals surface area (Å²) in [4.78, 5) is 28.8. The van der Waals surface area contributed by atoms with Gasteiger partial charge < -0.3 is 19.3 Å². The average Bonchev–Trinajstić information content (AvgIpc) is 2.72. The van der Waals surface area contributed by atoms with Gasteiger partial charge >= 0.3 is 0 Å². The Balaban J connectivity index is 1.69. The molecule has 2 amide bonds. The van der Waals surface area contributed by atoms with Crippen LogP contribution in [0.3, 0.4) is 0 Å². The van der Waals surface area contributed by atoms with Gasteiger partial charge in [-0.25, -0.2) is 4.39 Å². The monoisotopic (exact) mass is 372 g/mol. The normalized spacial score (nSPS) is 14.0. The number of carbonyl (C=O) groups is 2. The molecule has 0 bridgehead atoms. The Morgan fingerprint density at radius 2 is 1.33 bits per heavy atom. The summed E-state index contributed by atoms with van der Waals surface area (Å²) in [7, 11) is 2.96. The number of methoxy groups -OCH3 is 2. The molecular formula is C20H21FN2O4. The lowest BCUT2D eigenvalue weighted by Crippen LogP contribution is -2.50. The Labute approximate surface area is 157 Å². The van der Waals surface area contributed by atoms with E-state index in [2.05, 4.69) is 0 Å². The van der Waals surface area contributed by atoms with E-state index in [0.717, 1.165) is 0 Å². The van der Waals surface area contributed by atoms with Crippen LogP contribution in [0.25, 0.3) is 0 Å². The zero-order chi connectivity index (χ0) is 19.4. The molecule has 0 saturated carbocycles. The Morgan fingerprint density at radius 3 is 1.93 bits per heavy atom. The van der Waals surface area contributed by atoms with E-state index in [1.54, 1.807) is 34.1 Å². The van der Waals surface area contributed by atoms with Crippen LogP contribution < -0.4 is 9.47 Å². The number of nitrogens with zero attached hydrogens (tertiary/aromatic N) is 2. The van der Waals surface area contributed by atoms with Gasteiger partial charge in [-0.3, -0.25) is 9.59 Å². The van der Waals surface area contributed by atoms with Crippen molar-refractivity contribution in [3.05, 3.63) is 59.4 Å². The fraction of sp³-hybridized carbons (Fsp3) is 0.300. The topological polar surface area (TPSA) is 59.1 Å². The van der Waals surface area contributed by atoms with Crippen LogP contribution in [0.4, 0.5) is 4.39 Å². The van der Waals surface area contributed by atoms with Crippen molar-refractivity contribution in [2.75, 3.05) is 40.4 Å². The summed E-state index contributed by atoms with van der Waals surface area (Å²) in [6, 6.07) is 10.9. The number of carbonyl (C=O) groups excluding carboxylic acids is 2. The third-order valence-electron chi connectivity index (χ3n) is 4.58. The first kappa shape index (κ1) is 18.7. The number of hydrogen-bond acceptors (Lipinski definition) is 4. The number of ether oxygens (including phenoxy) is 2. The Hall–Kier alpha value is -3.09. The standard InChI is InChI=1S/C20H21FN2O4/c1-26-17-6-4-3-5-15(17)19(24)22-9-11-23(12-10-22)20(25)16-13-14(21)7-8-18(16)27-2/h3-8,13H,9-12H2,1-2H3. The minimum Gasteiger partial charge on any atom is -0.496 e. The van der Waals surface area contributed by atoms with Gasteiger partial charge in [-0.2, -0.15) is 0 Å². The maximum absolute atomic E-state index is 13.5. The van der Waals surface area contributed by atoms with Crippen molar-refractivity contribution in [3.8, 4) is 11.5 Å². The van der Waals surface area contributed by atoms with E-state index in [1.165, 1.54) is 32.4 Å². The van der Waals surface area contributed by atoms with Crippen molar-refractivity contribution < 1.29 is 23.5 Å². The molecular weight excluding hydrogens is 351 g/mol. The fourth-order valence-corrected chi connectivity index (χ4v) is 3.12. The summed E-state index contributed by atoms with van der Waals surface area (Å²) in [5, 5.41) is 0. The lowest BCUT2D eigenvalue weighted by molar-refractivity contribution is 0.0531. The first-order valence-corrected chi connectivity index (χ1v) is 8.60. The number of halogens is 1. The number of para-hydroxylation sites is 1. The molecule has 0 N–H and O–H groups in total. The molecule has 0 unspecified atom stereocenters. The maximum Gasteiger partial charge on any atom is 0.257 e. The van der Waals surface area contributed by atoms with Crippen LogP contribution in [0.15, 0.2) is 42.5 Å². The van der Waals surface area contributed by atoms with E-state index in [-0.39, 0.29) is 17.4 Å². The molecule has 2 aromatic carbocycles. The van der Waals surface area contributed by atoms with Crippen LogP contribution in [-0.4, -0.2) is 62.0 Å². The van der Waals surface area contributed by atoms with E-state index in [4.69, 9.17) is 9.47 Å². The highest BCUT2D eigenvalue weighted by Crippen LogP contribution is 2.23. The second-order valence-corrected chi connectivity index (χ2v) is 6.13. The van der Waals surface area contributed by atoms with Gasteiger partial charge in [-0.1, -0.05) is 12.1 Å². The smallest absolute Gasteiger partial charge is 0.257 e. The van der Waals surface area contributed by atoms with Crippen LogP contribution in [0.2, 0.25) is 0 Å². The molecule has 0 radical (unpaired) electrons. The summed E-state index contributed by atoms with van der Waals surface area (Å²) in [5.74, 6) is -0.0952. The molecule has 1 aliphatic heterocycles. The van der Waals surface area contributed by atoms with E-state index in [9.17, 15) is 14.0 Å². The van der Waals surface area contributed by atoms with Gasteiger partial charge in [0.15, 0.2) is 0 Å². The molecule has 0 atom stereocenters. The van der Waals surface area contributed by atoms with Crippen LogP contribution in [-0.2, 0) is 0 Å². The van der Waals surface area contributed by atoms with Crippen molar-refractivity contribution >= 4 is 11.8 Å². The largest absolute Gasteiger partial charge is 0.496 e. The summed E-state index contributed by atoms with van der Waals surface area (Å²) in [6.45, 7) is 1.50. The van der Waals surface area contributed by atoms with Crippen molar-refractivity contribution in [3.63, 3.8) is 0 Å². The maximum atomic E-state index is 13.5. The number of amides is 2. The van der Waals surface area contributed by atoms with Gasteiger partial charge in [0.2, 0.25) is 0 Å². The third-order valence-corrected chi connectivity index (χ3v) is 4.58. The van der Waals surface area contributed by atoms with Crippen LogP contribution in [0.1, 0.15) is 20.7 Å². The lowest BCUT2D eigenvalue weighted by atomic mass is 10.1. The molecule has 142 valence electrons. The van der Waals surface area contributed by atoms with Gasteiger partial charge in [0, 0.05) is 26.2 Å². The quantitative estimate of drug-likeness (QED) is 0.827. The zero-order valence-electron chi connectivity index (χ0n) is 15.3. The van der Waals surface area contributed by atoms with E-state index < -0.39 is 5.82 Å². The van der Waals surface area contributed by atoms with Gasteiger partial charge in [-0.15, -0.1) is 0 Å². The second kappa shape index (κ2) is 8.07. The van der Waals surface area contributed by atoms with Gasteiger partial charge in [0.25, 0.3) is 11.8 Å². The predicted octanol–water partition coefficient (Wildman–Crippen LogP) is 2.44. The predicted molar refractivity (Wildman–Crippen MR) is 97.8 cm³/mol. The van der Waals surface area contributed by atoms with Crippen LogP contribution >= 0.6 is 0 Å². The SMILES string of the molecule is COc1ccccc1C(=O)N1CCN(C(=O)c2cc(F)ccc2OC)CC1. The molecule has 1 aliphatic rings. The second-order valence-electron chi connectivity index (χ2n) is 6.13. The van der Waals surface area contributed by atoms with Crippen molar-refractivity contribution in [2.24, 2.45) is 0 Å². The molecule has 6 nitrogen and oxygen atoms in total. The van der Waals surface area contributed by atoms with Crippen molar-refractivity contribution in [1.82, 2.24) is 9.80 Å². The van der Waals surface area contributed by atoms with E-state index >= 15 is 0 Å². The van der Waals surface area contributed by atoms with Crippen molar-refractivity contribution in [1.29, 1.82) is 0 Å². The first-order valence-electron chi connectivity index (χ1n) is 8.60. The number of piperazine rings is 1. The summed E-state index contributed by atoms with van der Waals surface area (Å²) >= 11 is 0. The minimum absolute atomic E-state index is 0.136. The first-order chi connectivity index (χ1) is 13.0. The minimum atomic E-state index is -0.496. The number of hydrogen-bond donors (Lipinski definition) is 0. The average molecular weight is 372 g/mol. The molecule has 0 aliphatic carbocycles. The highest BCUT2D eigenvalue weighted by Gasteiger charge is 2.28. The molecule has 0 spiro atoms. The Bertz CT molecular complexity index is 848.